The van der Waals surface area contributed by atoms with Gasteiger partial charge in [-0.25, -0.2) is 19.4 Å². The molecule has 1 aliphatic rings. The zero-order valence-electron chi connectivity index (χ0n) is 21.3. The van der Waals surface area contributed by atoms with Crippen LogP contribution in [0.2, 0.25) is 0 Å². The molecule has 0 radical (unpaired) electrons. The van der Waals surface area contributed by atoms with Gasteiger partial charge < -0.3 is 25.6 Å². The minimum absolute atomic E-state index is 0.0854. The topological polar surface area (TPSA) is 149 Å². The molecule has 4 rings (SSSR count). The summed E-state index contributed by atoms with van der Waals surface area (Å²) in [4.78, 5) is 49.1. The molecule has 12 nitrogen and oxygen atoms in total. The predicted molar refractivity (Wildman–Crippen MR) is 138 cm³/mol. The molecule has 1 atom stereocenters. The van der Waals surface area contributed by atoms with E-state index < -0.39 is 12.0 Å². The molecular formula is C25H30N8O4. The van der Waals surface area contributed by atoms with Crippen LogP contribution in [0.3, 0.4) is 0 Å². The van der Waals surface area contributed by atoms with Gasteiger partial charge in [0.15, 0.2) is 11.3 Å². The molecule has 3 heterocycles. The fraction of sp³-hybridized carbons (Fsp3) is 0.360. The van der Waals surface area contributed by atoms with E-state index >= 15 is 0 Å². The highest BCUT2D eigenvalue weighted by molar-refractivity contribution is 6.13. The smallest absolute Gasteiger partial charge is 0.410 e. The van der Waals surface area contributed by atoms with E-state index in [9.17, 15) is 14.4 Å². The molecule has 0 spiro atoms. The van der Waals surface area contributed by atoms with Gasteiger partial charge in [-0.15, -0.1) is 0 Å². The Kier molecular flexibility index (Phi) is 7.09. The van der Waals surface area contributed by atoms with Gasteiger partial charge in [0.2, 0.25) is 5.91 Å². The first-order valence-corrected chi connectivity index (χ1v) is 11.8. The summed E-state index contributed by atoms with van der Waals surface area (Å²) in [6, 6.07) is 3.15. The molecule has 3 aromatic rings. The Morgan fingerprint density at radius 1 is 1.22 bits per heavy atom. The van der Waals surface area contributed by atoms with E-state index in [2.05, 4.69) is 27.0 Å². The Hall–Kier alpha value is -4.48. The number of hydrogen-bond donors (Lipinski definition) is 2. The standard InChI is InChI=1S/C25H30N8O4/c1-6-18(34)32-9-7-8-16(12-32)33-23-19(22(26)27-13-28-23)21(30-33)24(35)29-20-14(2)10-17(11-15(20)3)37-25(36)31(4)5/h6,10-11,13,16H,1,7-9,12H2,2-5H3,(H,29,35)(H2,26,27,28)/t16-/m1/s1. The summed E-state index contributed by atoms with van der Waals surface area (Å²) in [5.41, 5.74) is 8.64. The van der Waals surface area contributed by atoms with Crippen LogP contribution in [0.1, 0.15) is 40.5 Å². The summed E-state index contributed by atoms with van der Waals surface area (Å²) >= 11 is 0. The van der Waals surface area contributed by atoms with Gasteiger partial charge in [0.1, 0.15) is 17.9 Å². The summed E-state index contributed by atoms with van der Waals surface area (Å²) in [7, 11) is 3.19. The molecule has 2 aromatic heterocycles. The van der Waals surface area contributed by atoms with Gasteiger partial charge in [0.25, 0.3) is 5.91 Å². The first-order chi connectivity index (χ1) is 17.6. The number of aryl methyl sites for hydroxylation is 2. The van der Waals surface area contributed by atoms with Crippen LogP contribution < -0.4 is 15.8 Å². The zero-order valence-corrected chi connectivity index (χ0v) is 21.3. The number of ether oxygens (including phenoxy) is 1. The number of likely N-dealkylation sites (tertiary alicyclic amines) is 1. The number of carbonyl (C=O) groups is 3. The molecule has 3 N–H and O–H groups in total. The number of benzene rings is 1. The number of nitrogens with one attached hydrogen (secondary N) is 1. The lowest BCUT2D eigenvalue weighted by Crippen LogP contribution is -2.40. The molecule has 0 saturated carbocycles. The lowest BCUT2D eigenvalue weighted by molar-refractivity contribution is -0.127. The largest absolute Gasteiger partial charge is 0.414 e. The lowest BCUT2D eigenvalue weighted by Gasteiger charge is -2.32. The van der Waals surface area contributed by atoms with E-state index in [1.54, 1.807) is 49.7 Å². The van der Waals surface area contributed by atoms with Gasteiger partial charge in [0, 0.05) is 32.9 Å². The molecule has 12 heteroatoms. The Balaban J connectivity index is 1.67. The van der Waals surface area contributed by atoms with E-state index in [0.29, 0.717) is 46.7 Å². The molecule has 0 bridgehead atoms. The zero-order chi connectivity index (χ0) is 26.9. The molecular weight excluding hydrogens is 476 g/mol. The number of piperidine rings is 1. The Morgan fingerprint density at radius 2 is 1.92 bits per heavy atom. The summed E-state index contributed by atoms with van der Waals surface area (Å²) in [5.74, 6) is -0.131. The van der Waals surface area contributed by atoms with Gasteiger partial charge in [0.05, 0.1) is 11.4 Å². The van der Waals surface area contributed by atoms with Crippen molar-refractivity contribution in [2.24, 2.45) is 0 Å². The van der Waals surface area contributed by atoms with Crippen molar-refractivity contribution in [1.29, 1.82) is 0 Å². The van der Waals surface area contributed by atoms with E-state index in [0.717, 1.165) is 12.8 Å². The van der Waals surface area contributed by atoms with E-state index in [1.165, 1.54) is 17.3 Å². The third-order valence-electron chi connectivity index (χ3n) is 6.28. The van der Waals surface area contributed by atoms with Crippen LogP contribution >= 0.6 is 0 Å². The average Bonchev–Trinajstić information content (AvgIpc) is 3.27. The van der Waals surface area contributed by atoms with Crippen LogP contribution in [-0.4, -0.2) is 74.6 Å². The maximum atomic E-state index is 13.5. The quantitative estimate of drug-likeness (QED) is 0.502. The highest BCUT2D eigenvalue weighted by atomic mass is 16.6. The van der Waals surface area contributed by atoms with Crippen molar-refractivity contribution in [3.05, 3.63) is 47.9 Å². The maximum absolute atomic E-state index is 13.5. The third-order valence-corrected chi connectivity index (χ3v) is 6.28. The Labute approximate surface area is 214 Å². The van der Waals surface area contributed by atoms with Crippen molar-refractivity contribution in [3.63, 3.8) is 0 Å². The number of fused-ring (bicyclic) bond motifs is 1. The number of aromatic nitrogens is 4. The molecule has 1 aromatic carbocycles. The fourth-order valence-corrected chi connectivity index (χ4v) is 4.44. The Morgan fingerprint density at radius 3 is 2.57 bits per heavy atom. The maximum Gasteiger partial charge on any atom is 0.414 e. The van der Waals surface area contributed by atoms with Crippen LogP contribution in [0.4, 0.5) is 16.3 Å². The fourth-order valence-electron chi connectivity index (χ4n) is 4.44. The van der Waals surface area contributed by atoms with Crippen molar-refractivity contribution >= 4 is 40.4 Å². The van der Waals surface area contributed by atoms with Crippen LogP contribution in [0.25, 0.3) is 11.0 Å². The van der Waals surface area contributed by atoms with Crippen molar-refractivity contribution in [2.45, 2.75) is 32.7 Å². The average molecular weight is 507 g/mol. The highest BCUT2D eigenvalue weighted by Gasteiger charge is 2.29. The number of amides is 3. The van der Waals surface area contributed by atoms with Gasteiger partial charge in [-0.1, -0.05) is 6.58 Å². The SMILES string of the molecule is C=CC(=O)N1CCC[C@@H](n2nc(C(=O)Nc3c(C)cc(OC(=O)N(C)C)cc3C)c3c(N)ncnc32)C1. The van der Waals surface area contributed by atoms with Crippen molar-refractivity contribution in [3.8, 4) is 5.75 Å². The van der Waals surface area contributed by atoms with E-state index in [4.69, 9.17) is 10.5 Å². The minimum atomic E-state index is -0.501. The van der Waals surface area contributed by atoms with Gasteiger partial charge in [-0.2, -0.15) is 5.10 Å². The van der Waals surface area contributed by atoms with E-state index in [-0.39, 0.29) is 23.5 Å². The number of carbonyl (C=O) groups excluding carboxylic acids is 3. The first-order valence-electron chi connectivity index (χ1n) is 11.8. The molecule has 0 aliphatic carbocycles. The second kappa shape index (κ2) is 10.2. The van der Waals surface area contributed by atoms with Crippen LogP contribution in [0.5, 0.6) is 5.75 Å². The number of nitrogens with two attached hydrogens (primary N) is 1. The third kappa shape index (κ3) is 5.08. The van der Waals surface area contributed by atoms with Crippen molar-refractivity contribution in [2.75, 3.05) is 38.2 Å². The molecule has 1 aliphatic heterocycles. The molecule has 0 unspecified atom stereocenters. The van der Waals surface area contributed by atoms with Crippen LogP contribution in [-0.2, 0) is 4.79 Å². The molecule has 1 fully saturated rings. The molecule has 1 saturated heterocycles. The Bertz CT molecular complexity index is 1370. The molecule has 194 valence electrons. The predicted octanol–water partition coefficient (Wildman–Crippen LogP) is 2.69. The molecule has 37 heavy (non-hydrogen) atoms. The van der Waals surface area contributed by atoms with E-state index in [1.807, 2.05) is 0 Å². The molecule has 3 amide bonds. The van der Waals surface area contributed by atoms with Gasteiger partial charge >= 0.3 is 6.09 Å². The van der Waals surface area contributed by atoms with Crippen LogP contribution in [0.15, 0.2) is 31.1 Å². The monoisotopic (exact) mass is 506 g/mol. The number of nitrogen functional groups attached to an aromatic ring is 1. The van der Waals surface area contributed by atoms with Gasteiger partial charge in [-0.3, -0.25) is 9.59 Å². The number of rotatable bonds is 5. The second-order valence-electron chi connectivity index (χ2n) is 9.18. The number of anilines is 2. The van der Waals surface area contributed by atoms with Crippen LogP contribution in [0, 0.1) is 13.8 Å². The lowest BCUT2D eigenvalue weighted by atomic mass is 10.1. The van der Waals surface area contributed by atoms with Gasteiger partial charge in [-0.05, 0) is 56.0 Å². The highest BCUT2D eigenvalue weighted by Crippen LogP contribution is 2.31. The summed E-state index contributed by atoms with van der Waals surface area (Å²) in [6.45, 7) is 8.22. The summed E-state index contributed by atoms with van der Waals surface area (Å²) in [6.07, 6.45) is 3.65. The second-order valence-corrected chi connectivity index (χ2v) is 9.18. The minimum Gasteiger partial charge on any atom is -0.410 e. The number of hydrogen-bond acceptors (Lipinski definition) is 8. The number of nitrogens with zero attached hydrogens (tertiary/aromatic N) is 6. The first kappa shape index (κ1) is 25.6. The summed E-state index contributed by atoms with van der Waals surface area (Å²) < 4.78 is 7.01. The normalized spacial score (nSPS) is 15.4. The van der Waals surface area contributed by atoms with Crippen molar-refractivity contribution < 1.29 is 19.1 Å². The van der Waals surface area contributed by atoms with Crippen molar-refractivity contribution in [1.82, 2.24) is 29.5 Å². The summed E-state index contributed by atoms with van der Waals surface area (Å²) in [5, 5.41) is 7.87.